The maximum absolute atomic E-state index is 12.3. The van der Waals surface area contributed by atoms with E-state index in [0.29, 0.717) is 25.9 Å². The number of hydrogen-bond acceptors (Lipinski definition) is 5. The third kappa shape index (κ3) is 3.57. The van der Waals surface area contributed by atoms with Crippen molar-refractivity contribution in [2.24, 2.45) is 0 Å². The number of amides is 1. The van der Waals surface area contributed by atoms with Gasteiger partial charge in [-0.15, -0.1) is 0 Å². The molecule has 6 heteroatoms. The van der Waals surface area contributed by atoms with Gasteiger partial charge in [0.15, 0.2) is 0 Å². The Balaban J connectivity index is 1.35. The summed E-state index contributed by atoms with van der Waals surface area (Å²) in [6, 6.07) is 6.20. The van der Waals surface area contributed by atoms with Gasteiger partial charge >= 0.3 is 0 Å². The second kappa shape index (κ2) is 7.02. The zero-order valence-corrected chi connectivity index (χ0v) is 14.6. The topological polar surface area (TPSA) is 74.7 Å². The zero-order valence-electron chi connectivity index (χ0n) is 14.6. The van der Waals surface area contributed by atoms with Crippen molar-refractivity contribution in [2.45, 2.75) is 62.3 Å². The number of fused-ring (bicyclic) bond motifs is 2. The van der Waals surface area contributed by atoms with Crippen molar-refractivity contribution in [1.29, 1.82) is 0 Å². The number of carbonyl (C=O) groups excluding carboxylic acids is 1. The molecule has 1 aromatic heterocycles. The number of rotatable bonds is 5. The lowest BCUT2D eigenvalue weighted by molar-refractivity contribution is -0.126. The summed E-state index contributed by atoms with van der Waals surface area (Å²) in [6.07, 6.45) is 7.42. The van der Waals surface area contributed by atoms with Gasteiger partial charge in [0.2, 0.25) is 5.91 Å². The molecule has 6 nitrogen and oxygen atoms in total. The Morgan fingerprint density at radius 2 is 2.12 bits per heavy atom. The molecule has 3 saturated heterocycles. The summed E-state index contributed by atoms with van der Waals surface area (Å²) in [5.74, 6) is 0.0654. The van der Waals surface area contributed by atoms with Gasteiger partial charge in [0.05, 0.1) is 18.3 Å². The lowest BCUT2D eigenvalue weighted by Crippen LogP contribution is -2.53. The number of ether oxygens (including phenoxy) is 1. The van der Waals surface area contributed by atoms with Crippen molar-refractivity contribution in [3.8, 4) is 0 Å². The molecule has 4 rings (SSSR count). The van der Waals surface area contributed by atoms with E-state index in [-0.39, 0.29) is 24.1 Å². The summed E-state index contributed by atoms with van der Waals surface area (Å²) in [6.45, 7) is 1.84. The molecular formula is C19H27N3O3. The molecule has 1 amide bonds. The van der Waals surface area contributed by atoms with E-state index in [0.717, 1.165) is 38.0 Å². The van der Waals surface area contributed by atoms with Gasteiger partial charge in [-0.2, -0.15) is 0 Å². The highest BCUT2D eigenvalue weighted by Crippen LogP contribution is 2.44. The highest BCUT2D eigenvalue weighted by Gasteiger charge is 2.49. The molecule has 0 saturated carbocycles. The number of aliphatic hydroxyl groups is 1. The Labute approximate surface area is 148 Å². The van der Waals surface area contributed by atoms with Gasteiger partial charge in [0.1, 0.15) is 5.60 Å². The largest absolute Gasteiger partial charge is 0.383 e. The lowest BCUT2D eigenvalue weighted by atomic mass is 9.83. The maximum atomic E-state index is 12.3. The average Bonchev–Trinajstić information content (AvgIpc) is 3.22. The van der Waals surface area contributed by atoms with E-state index in [1.807, 2.05) is 18.2 Å². The van der Waals surface area contributed by atoms with Crippen LogP contribution in [0.4, 0.5) is 0 Å². The van der Waals surface area contributed by atoms with Crippen LogP contribution in [0.5, 0.6) is 0 Å². The Kier molecular flexibility index (Phi) is 4.75. The maximum Gasteiger partial charge on any atom is 0.234 e. The van der Waals surface area contributed by atoms with Crippen molar-refractivity contribution < 1.29 is 14.6 Å². The van der Waals surface area contributed by atoms with Crippen molar-refractivity contribution in [1.82, 2.24) is 15.2 Å². The highest BCUT2D eigenvalue weighted by atomic mass is 16.5. The van der Waals surface area contributed by atoms with Gasteiger partial charge in [-0.25, -0.2) is 0 Å². The van der Waals surface area contributed by atoms with Gasteiger partial charge in [-0.3, -0.25) is 14.7 Å². The molecule has 3 aliphatic heterocycles. The van der Waals surface area contributed by atoms with E-state index in [1.165, 1.54) is 0 Å². The second-order valence-electron chi connectivity index (χ2n) is 7.65. The first-order valence-corrected chi connectivity index (χ1v) is 9.42. The molecule has 25 heavy (non-hydrogen) atoms. The normalized spacial score (nSPS) is 35.0. The summed E-state index contributed by atoms with van der Waals surface area (Å²) in [5.41, 5.74) is -0.105. The third-order valence-corrected chi connectivity index (χ3v) is 5.94. The molecule has 4 heterocycles. The molecule has 3 aliphatic rings. The smallest absolute Gasteiger partial charge is 0.234 e. The number of nitrogens with one attached hydrogen (secondary N) is 1. The van der Waals surface area contributed by atoms with E-state index in [2.05, 4.69) is 15.2 Å². The molecule has 2 bridgehead atoms. The summed E-state index contributed by atoms with van der Waals surface area (Å²) < 4.78 is 5.56. The molecule has 136 valence electrons. The van der Waals surface area contributed by atoms with Crippen LogP contribution < -0.4 is 5.32 Å². The number of carbonyl (C=O) groups is 1. The first kappa shape index (κ1) is 16.9. The van der Waals surface area contributed by atoms with Gasteiger partial charge in [-0.05, 0) is 50.7 Å². The number of piperidine rings is 1. The molecule has 0 radical (unpaired) electrons. The number of aromatic nitrogens is 1. The van der Waals surface area contributed by atoms with Crippen molar-refractivity contribution >= 4 is 5.91 Å². The van der Waals surface area contributed by atoms with E-state index in [9.17, 15) is 9.90 Å². The first-order valence-electron chi connectivity index (χ1n) is 9.42. The van der Waals surface area contributed by atoms with Crippen LogP contribution in [0.25, 0.3) is 0 Å². The molecule has 1 aromatic rings. The molecule has 0 aliphatic carbocycles. The van der Waals surface area contributed by atoms with Crippen LogP contribution in [0.15, 0.2) is 24.4 Å². The van der Waals surface area contributed by atoms with E-state index >= 15 is 0 Å². The van der Waals surface area contributed by atoms with Crippen molar-refractivity contribution in [3.05, 3.63) is 30.1 Å². The summed E-state index contributed by atoms with van der Waals surface area (Å²) in [7, 11) is 0. The fraction of sp³-hybridized carbons (Fsp3) is 0.684. The summed E-state index contributed by atoms with van der Waals surface area (Å²) in [5, 5.41) is 14.1. The van der Waals surface area contributed by atoms with Gasteiger partial charge in [0, 0.05) is 31.4 Å². The number of nitrogens with zero attached hydrogens (tertiary/aromatic N) is 2. The minimum atomic E-state index is -0.863. The number of hydrogen-bond donors (Lipinski definition) is 2. The van der Waals surface area contributed by atoms with Crippen LogP contribution in [0.3, 0.4) is 0 Å². The monoisotopic (exact) mass is 345 g/mol. The highest BCUT2D eigenvalue weighted by molar-refractivity contribution is 5.78. The standard InChI is InChI=1S/C19H27N3O3/c23-18(21-12-16-4-3-9-25-16)13-22-14-6-7-15(22)11-19(24,10-14)17-5-1-2-8-20-17/h1-2,5,8,14-16,24H,3-4,6-7,9-13H2,(H,21,23). The number of pyridine rings is 1. The predicted molar refractivity (Wildman–Crippen MR) is 92.9 cm³/mol. The Morgan fingerprint density at radius 1 is 1.32 bits per heavy atom. The Bertz CT molecular complexity index is 589. The van der Waals surface area contributed by atoms with Crippen LogP contribution in [0, 0.1) is 0 Å². The Morgan fingerprint density at radius 3 is 2.76 bits per heavy atom. The first-order chi connectivity index (χ1) is 12.1. The third-order valence-electron chi connectivity index (χ3n) is 5.94. The quantitative estimate of drug-likeness (QED) is 0.839. The molecule has 0 aromatic carbocycles. The van der Waals surface area contributed by atoms with E-state index < -0.39 is 5.60 Å². The lowest BCUT2D eigenvalue weighted by Gasteiger charge is -2.43. The van der Waals surface area contributed by atoms with Gasteiger partial charge < -0.3 is 15.2 Å². The molecule has 0 spiro atoms. The van der Waals surface area contributed by atoms with E-state index in [1.54, 1.807) is 6.20 Å². The fourth-order valence-corrected chi connectivity index (χ4v) is 4.68. The van der Waals surface area contributed by atoms with Crippen LogP contribution in [0.1, 0.15) is 44.2 Å². The summed E-state index contributed by atoms with van der Waals surface area (Å²) >= 11 is 0. The Hall–Kier alpha value is -1.50. The predicted octanol–water partition coefficient (Wildman–Crippen LogP) is 1.19. The second-order valence-corrected chi connectivity index (χ2v) is 7.65. The van der Waals surface area contributed by atoms with Crippen molar-refractivity contribution in [2.75, 3.05) is 19.7 Å². The average molecular weight is 345 g/mol. The van der Waals surface area contributed by atoms with Crippen LogP contribution in [0.2, 0.25) is 0 Å². The van der Waals surface area contributed by atoms with Crippen LogP contribution >= 0.6 is 0 Å². The molecule has 3 atom stereocenters. The molecular weight excluding hydrogens is 318 g/mol. The minimum absolute atomic E-state index is 0.0654. The SMILES string of the molecule is O=C(CN1C2CCC1CC(O)(c1ccccn1)C2)NCC1CCCO1. The molecule has 3 fully saturated rings. The minimum Gasteiger partial charge on any atom is -0.383 e. The zero-order chi connectivity index (χ0) is 17.3. The van der Waals surface area contributed by atoms with Crippen LogP contribution in [-0.2, 0) is 15.1 Å². The summed E-state index contributed by atoms with van der Waals surface area (Å²) in [4.78, 5) is 19.0. The molecule has 2 N–H and O–H groups in total. The molecule has 3 unspecified atom stereocenters. The van der Waals surface area contributed by atoms with Crippen LogP contribution in [-0.4, -0.2) is 58.8 Å². The van der Waals surface area contributed by atoms with Gasteiger partial charge in [-0.1, -0.05) is 6.07 Å². The van der Waals surface area contributed by atoms with E-state index in [4.69, 9.17) is 4.74 Å². The van der Waals surface area contributed by atoms with Crippen molar-refractivity contribution in [3.63, 3.8) is 0 Å². The fourth-order valence-electron chi connectivity index (χ4n) is 4.68. The van der Waals surface area contributed by atoms with Gasteiger partial charge in [0.25, 0.3) is 0 Å².